The number of nitrogens with one attached hydrogen (secondary N) is 2. The second-order valence-electron chi connectivity index (χ2n) is 15.4. The molecule has 3 heterocycles. The standard InChI is InChI=1S/C21H18F2N4O4.C17H13F2N3O3.C11H9ClN2O2/c1-30-18-9-15-11(6-12(18)20(24)28)17(4-5-25-15)31-19-8-13(22)16(7-14(19)23)27-21(29)26-10-2-3-10;1-24-15-7-13-8(4-9(15)17(21)23)14(2-3-22-13)25-16-6-10(18)12(20)5-11(16)19;1-16-10-5-9-6(4-7(10)11(13)15)8(12)2-3-14-9/h4-10H,2-3H2,1H3,(H2,24,28)(H2,26,27,29);2-7H,20H2,1H3,(H2,21,23);2-5H,1H3,(H2,13,15). The van der Waals surface area contributed by atoms with E-state index in [-0.39, 0.29) is 57.3 Å². The van der Waals surface area contributed by atoms with Gasteiger partial charge in [-0.3, -0.25) is 29.3 Å². The lowest BCUT2D eigenvalue weighted by Gasteiger charge is -2.13. The summed E-state index contributed by atoms with van der Waals surface area (Å²) >= 11 is 6.00. The number of aromatic nitrogens is 3. The van der Waals surface area contributed by atoms with Gasteiger partial charge in [-0.05, 0) is 49.2 Å². The van der Waals surface area contributed by atoms with Gasteiger partial charge in [0, 0.05) is 83.3 Å². The van der Waals surface area contributed by atoms with Gasteiger partial charge in [-0.2, -0.15) is 0 Å². The van der Waals surface area contributed by atoms with Crippen LogP contribution >= 0.6 is 11.6 Å². The van der Waals surface area contributed by atoms with E-state index in [9.17, 15) is 36.7 Å². The topological polar surface area (TPSA) is 281 Å². The SMILES string of the molecule is COc1cc2nccc(Cl)c2cc1C(N)=O.COc1cc2nccc(Oc3cc(F)c(N)cc3F)c2cc1C(N)=O.COc1cc2nccc(Oc3cc(F)c(NC(=O)NC4CC4)cc3F)c2cc1C(N)=O. The molecule has 1 aliphatic carbocycles. The summed E-state index contributed by atoms with van der Waals surface area (Å²) < 4.78 is 83.0. The third-order valence-electron chi connectivity index (χ3n) is 10.5. The Kier molecular flexibility index (Phi) is 15.2. The average Bonchev–Trinajstić information content (AvgIpc) is 4.18. The van der Waals surface area contributed by atoms with E-state index in [1.165, 1.54) is 70.1 Å². The summed E-state index contributed by atoms with van der Waals surface area (Å²) in [6.07, 6.45) is 6.15. The maximum Gasteiger partial charge on any atom is 0.319 e. The van der Waals surface area contributed by atoms with Gasteiger partial charge in [0.05, 0.1) is 71.0 Å². The highest BCUT2D eigenvalue weighted by atomic mass is 35.5. The van der Waals surface area contributed by atoms with Crippen molar-refractivity contribution in [2.24, 2.45) is 17.2 Å². The minimum Gasteiger partial charge on any atom is -0.496 e. The zero-order chi connectivity index (χ0) is 52.0. The zero-order valence-corrected chi connectivity index (χ0v) is 38.7. The maximum atomic E-state index is 14.6. The first-order chi connectivity index (χ1) is 34.4. The second kappa shape index (κ2) is 21.6. The van der Waals surface area contributed by atoms with Crippen molar-refractivity contribution in [3.8, 4) is 40.2 Å². The van der Waals surface area contributed by atoms with Crippen LogP contribution in [0.1, 0.15) is 43.9 Å². The minimum atomic E-state index is -0.892. The van der Waals surface area contributed by atoms with Gasteiger partial charge in [0.1, 0.15) is 34.6 Å². The van der Waals surface area contributed by atoms with E-state index in [0.29, 0.717) is 49.0 Å². The van der Waals surface area contributed by atoms with Crippen LogP contribution in [0.2, 0.25) is 5.02 Å². The van der Waals surface area contributed by atoms with Gasteiger partial charge < -0.3 is 57.3 Å². The van der Waals surface area contributed by atoms with Crippen LogP contribution in [0.15, 0.2) is 97.5 Å². The van der Waals surface area contributed by atoms with Crippen LogP contribution in [0.5, 0.6) is 40.2 Å². The number of rotatable bonds is 12. The van der Waals surface area contributed by atoms with Crippen LogP contribution in [-0.4, -0.2) is 66.1 Å². The maximum absolute atomic E-state index is 14.6. The fraction of sp³-hybridized carbons (Fsp3) is 0.122. The summed E-state index contributed by atoms with van der Waals surface area (Å²) in [5.41, 5.74) is 22.6. The number of methoxy groups -OCH3 is 3. The first kappa shape index (κ1) is 50.7. The van der Waals surface area contributed by atoms with Crippen molar-refractivity contribution >= 4 is 79.4 Å². The van der Waals surface area contributed by atoms with Gasteiger partial charge in [0.2, 0.25) is 0 Å². The van der Waals surface area contributed by atoms with Crippen molar-refractivity contribution < 1.29 is 60.4 Å². The molecule has 1 aliphatic rings. The number of pyridine rings is 3. The molecule has 3 aromatic heterocycles. The zero-order valence-electron chi connectivity index (χ0n) is 37.9. The summed E-state index contributed by atoms with van der Waals surface area (Å²) in [6.45, 7) is 0. The number of urea groups is 1. The predicted molar refractivity (Wildman–Crippen MR) is 258 cm³/mol. The van der Waals surface area contributed by atoms with Crippen molar-refractivity contribution in [1.82, 2.24) is 20.3 Å². The first-order valence-corrected chi connectivity index (χ1v) is 21.4. The molecule has 8 aromatic rings. The number of benzene rings is 5. The van der Waals surface area contributed by atoms with Crippen molar-refractivity contribution in [3.63, 3.8) is 0 Å². The van der Waals surface area contributed by atoms with Crippen molar-refractivity contribution in [3.05, 3.63) is 142 Å². The van der Waals surface area contributed by atoms with Gasteiger partial charge in [0.25, 0.3) is 17.7 Å². The molecule has 1 saturated carbocycles. The van der Waals surface area contributed by atoms with Gasteiger partial charge in [-0.25, -0.2) is 22.4 Å². The molecular weight excluding hydrogens is 970 g/mol. The summed E-state index contributed by atoms with van der Waals surface area (Å²) in [5.74, 6) is -5.00. The Morgan fingerprint density at radius 3 is 1.40 bits per heavy atom. The molecule has 9 rings (SSSR count). The number of carbonyl (C=O) groups excluding carboxylic acids is 4. The van der Waals surface area contributed by atoms with E-state index in [0.717, 1.165) is 37.1 Å². The number of primary amides is 3. The number of halogens is 5. The fourth-order valence-corrected chi connectivity index (χ4v) is 7.04. The summed E-state index contributed by atoms with van der Waals surface area (Å²) in [6, 6.07) is 16.4. The van der Waals surface area contributed by atoms with E-state index in [2.05, 4.69) is 25.6 Å². The number of nitrogen functional groups attached to an aromatic ring is 1. The van der Waals surface area contributed by atoms with Gasteiger partial charge in [0.15, 0.2) is 29.0 Å². The van der Waals surface area contributed by atoms with Crippen LogP contribution in [0.3, 0.4) is 0 Å². The molecule has 5 amide bonds. The third kappa shape index (κ3) is 11.5. The van der Waals surface area contributed by atoms with Gasteiger partial charge in [-0.1, -0.05) is 11.6 Å². The van der Waals surface area contributed by atoms with Gasteiger partial charge >= 0.3 is 6.03 Å². The molecule has 0 bridgehead atoms. The molecule has 0 aliphatic heterocycles. The Balaban J connectivity index is 0.000000166. The first-order valence-electron chi connectivity index (χ1n) is 21.0. The minimum absolute atomic E-state index is 0.0689. The molecule has 23 heteroatoms. The molecule has 0 saturated heterocycles. The smallest absolute Gasteiger partial charge is 0.319 e. The van der Waals surface area contributed by atoms with Crippen LogP contribution in [-0.2, 0) is 0 Å². The number of nitrogens with zero attached hydrogens (tertiary/aromatic N) is 3. The Labute approximate surface area is 410 Å². The number of ether oxygens (including phenoxy) is 5. The molecule has 72 heavy (non-hydrogen) atoms. The highest BCUT2D eigenvalue weighted by molar-refractivity contribution is 6.35. The Bertz CT molecular complexity index is 3460. The average molecular weight is 1010 g/mol. The molecule has 0 unspecified atom stereocenters. The quantitative estimate of drug-likeness (QED) is 0.0494. The molecular formula is C49H40ClF4N9O9. The summed E-state index contributed by atoms with van der Waals surface area (Å²) in [4.78, 5) is 58.8. The number of anilines is 2. The van der Waals surface area contributed by atoms with Crippen LogP contribution in [0.25, 0.3) is 32.7 Å². The number of hydrogen-bond donors (Lipinski definition) is 6. The highest BCUT2D eigenvalue weighted by Gasteiger charge is 2.25. The summed E-state index contributed by atoms with van der Waals surface area (Å²) in [7, 11) is 4.24. The number of hydrogen-bond acceptors (Lipinski definition) is 13. The molecule has 0 radical (unpaired) electrons. The molecule has 370 valence electrons. The van der Waals surface area contributed by atoms with Crippen LogP contribution in [0, 0.1) is 23.3 Å². The summed E-state index contributed by atoms with van der Waals surface area (Å²) in [5, 5.41) is 6.84. The van der Waals surface area contributed by atoms with Crippen LogP contribution < -0.4 is 57.3 Å². The predicted octanol–water partition coefficient (Wildman–Crippen LogP) is 8.69. The van der Waals surface area contributed by atoms with Crippen LogP contribution in [0.4, 0.5) is 33.7 Å². The number of amides is 5. The Morgan fingerprint density at radius 2 is 0.958 bits per heavy atom. The molecule has 10 N–H and O–H groups in total. The lowest BCUT2D eigenvalue weighted by atomic mass is 10.1. The number of carbonyl (C=O) groups is 4. The Morgan fingerprint density at radius 1 is 0.542 bits per heavy atom. The molecule has 0 spiro atoms. The van der Waals surface area contributed by atoms with E-state index < -0.39 is 52.8 Å². The molecule has 18 nitrogen and oxygen atoms in total. The van der Waals surface area contributed by atoms with E-state index in [4.69, 9.17) is 58.2 Å². The fourth-order valence-electron chi connectivity index (χ4n) is 6.83. The van der Waals surface area contributed by atoms with Gasteiger partial charge in [-0.15, -0.1) is 0 Å². The lowest BCUT2D eigenvalue weighted by Crippen LogP contribution is -2.30. The van der Waals surface area contributed by atoms with E-state index in [1.54, 1.807) is 24.4 Å². The largest absolute Gasteiger partial charge is 0.496 e. The number of nitrogens with two attached hydrogens (primary N) is 4. The number of fused-ring (bicyclic) bond motifs is 3. The van der Waals surface area contributed by atoms with Crippen molar-refractivity contribution in [2.75, 3.05) is 32.4 Å². The molecule has 0 atom stereocenters. The molecule has 5 aromatic carbocycles. The van der Waals surface area contributed by atoms with Crippen molar-refractivity contribution in [1.29, 1.82) is 0 Å². The molecule has 1 fully saturated rings. The normalized spacial score (nSPS) is 11.6. The van der Waals surface area contributed by atoms with E-state index in [1.807, 2.05) is 0 Å². The van der Waals surface area contributed by atoms with Crippen molar-refractivity contribution in [2.45, 2.75) is 18.9 Å². The Hall–Kier alpha value is -9.18. The van der Waals surface area contributed by atoms with E-state index >= 15 is 0 Å². The third-order valence-corrected chi connectivity index (χ3v) is 10.9. The monoisotopic (exact) mass is 1010 g/mol. The lowest BCUT2D eigenvalue weighted by molar-refractivity contribution is 0.0989. The second-order valence-corrected chi connectivity index (χ2v) is 15.8. The highest BCUT2D eigenvalue weighted by Crippen LogP contribution is 2.37.